The van der Waals surface area contributed by atoms with Gasteiger partial charge < -0.3 is 15.0 Å². The first-order chi connectivity index (χ1) is 12.1. The Morgan fingerprint density at radius 3 is 2.84 bits per heavy atom. The molecule has 0 radical (unpaired) electrons. The van der Waals surface area contributed by atoms with Gasteiger partial charge in [0.05, 0.1) is 0 Å². The van der Waals surface area contributed by atoms with E-state index in [-0.39, 0.29) is 24.2 Å². The molecule has 0 spiro atoms. The number of rotatable bonds is 4. The molecule has 1 fully saturated rings. The van der Waals surface area contributed by atoms with E-state index in [1.807, 2.05) is 6.07 Å². The van der Waals surface area contributed by atoms with Crippen LogP contribution in [0, 0.1) is 5.82 Å². The molecule has 2 amide bonds. The second-order valence-corrected chi connectivity index (χ2v) is 5.84. The standard InChI is InChI=1S/C19H19FN2O3/c20-16-5-2-6-17(12-16)25-13-14-3-1-4-15(11-14)19(24)22-9-7-18(23)21-8-10-22/h1-6,11-12H,7-10,13H2,(H,21,23). The lowest BCUT2D eigenvalue weighted by molar-refractivity contribution is -0.120. The van der Waals surface area contributed by atoms with Crippen LogP contribution in [0.15, 0.2) is 48.5 Å². The van der Waals surface area contributed by atoms with Crippen molar-refractivity contribution < 1.29 is 18.7 Å². The number of hydrogen-bond acceptors (Lipinski definition) is 3. The van der Waals surface area contributed by atoms with Crippen LogP contribution >= 0.6 is 0 Å². The number of carbonyl (C=O) groups is 2. The topological polar surface area (TPSA) is 58.6 Å². The van der Waals surface area contributed by atoms with Crippen LogP contribution in [0.1, 0.15) is 22.3 Å². The van der Waals surface area contributed by atoms with Gasteiger partial charge in [-0.05, 0) is 29.8 Å². The summed E-state index contributed by atoms with van der Waals surface area (Å²) in [5, 5.41) is 2.75. The van der Waals surface area contributed by atoms with Crippen LogP contribution in [0.5, 0.6) is 5.75 Å². The van der Waals surface area contributed by atoms with Crippen LogP contribution in [0.3, 0.4) is 0 Å². The molecular weight excluding hydrogens is 323 g/mol. The molecule has 5 nitrogen and oxygen atoms in total. The maximum absolute atomic E-state index is 13.2. The average molecular weight is 342 g/mol. The first-order valence-electron chi connectivity index (χ1n) is 8.15. The van der Waals surface area contributed by atoms with Gasteiger partial charge >= 0.3 is 0 Å². The summed E-state index contributed by atoms with van der Waals surface area (Å²) in [6.45, 7) is 1.61. The summed E-state index contributed by atoms with van der Waals surface area (Å²) >= 11 is 0. The number of nitrogens with one attached hydrogen (secondary N) is 1. The number of carbonyl (C=O) groups excluding carboxylic acids is 2. The second-order valence-electron chi connectivity index (χ2n) is 5.84. The van der Waals surface area contributed by atoms with Crippen molar-refractivity contribution in [2.75, 3.05) is 19.6 Å². The molecule has 1 heterocycles. The normalized spacial score (nSPS) is 14.6. The lowest BCUT2D eigenvalue weighted by Crippen LogP contribution is -2.34. The van der Waals surface area contributed by atoms with Gasteiger partial charge in [0.1, 0.15) is 18.2 Å². The molecule has 3 rings (SSSR count). The van der Waals surface area contributed by atoms with Crippen molar-refractivity contribution in [2.24, 2.45) is 0 Å². The first-order valence-corrected chi connectivity index (χ1v) is 8.15. The van der Waals surface area contributed by atoms with Gasteiger partial charge in [-0.15, -0.1) is 0 Å². The molecule has 1 saturated heterocycles. The van der Waals surface area contributed by atoms with E-state index in [2.05, 4.69) is 5.32 Å². The van der Waals surface area contributed by atoms with Crippen molar-refractivity contribution in [3.63, 3.8) is 0 Å². The van der Waals surface area contributed by atoms with E-state index in [1.165, 1.54) is 12.1 Å². The predicted octanol–water partition coefficient (Wildman–Crippen LogP) is 2.37. The number of amides is 2. The van der Waals surface area contributed by atoms with Crippen LogP contribution in [0.25, 0.3) is 0 Å². The Kier molecular flexibility index (Phi) is 5.28. The molecule has 2 aromatic carbocycles. The number of nitrogens with zero attached hydrogens (tertiary/aromatic N) is 1. The average Bonchev–Trinajstić information content (AvgIpc) is 2.84. The van der Waals surface area contributed by atoms with Crippen LogP contribution in [0.4, 0.5) is 4.39 Å². The zero-order valence-corrected chi connectivity index (χ0v) is 13.7. The molecule has 1 aliphatic rings. The Hall–Kier alpha value is -2.89. The smallest absolute Gasteiger partial charge is 0.253 e. The molecule has 25 heavy (non-hydrogen) atoms. The van der Waals surface area contributed by atoms with E-state index in [0.717, 1.165) is 5.56 Å². The van der Waals surface area contributed by atoms with Crippen molar-refractivity contribution in [3.05, 3.63) is 65.5 Å². The van der Waals surface area contributed by atoms with Gasteiger partial charge in [0.2, 0.25) is 5.91 Å². The summed E-state index contributed by atoms with van der Waals surface area (Å²) in [7, 11) is 0. The van der Waals surface area contributed by atoms with Crippen molar-refractivity contribution >= 4 is 11.8 Å². The van der Waals surface area contributed by atoms with Crippen molar-refractivity contribution in [1.82, 2.24) is 10.2 Å². The third-order valence-corrected chi connectivity index (χ3v) is 3.98. The van der Waals surface area contributed by atoms with E-state index >= 15 is 0 Å². The van der Waals surface area contributed by atoms with Gasteiger partial charge in [0, 0.05) is 37.7 Å². The molecule has 0 atom stereocenters. The molecule has 0 bridgehead atoms. The highest BCUT2D eigenvalue weighted by atomic mass is 19.1. The van der Waals surface area contributed by atoms with Gasteiger partial charge in [0.25, 0.3) is 5.91 Å². The van der Waals surface area contributed by atoms with Crippen LogP contribution < -0.4 is 10.1 Å². The predicted molar refractivity (Wildman–Crippen MR) is 90.7 cm³/mol. The Labute approximate surface area is 145 Å². The van der Waals surface area contributed by atoms with Crippen LogP contribution in [0.2, 0.25) is 0 Å². The summed E-state index contributed by atoms with van der Waals surface area (Å²) in [6, 6.07) is 13.1. The van der Waals surface area contributed by atoms with Crippen molar-refractivity contribution in [3.8, 4) is 5.75 Å². The van der Waals surface area contributed by atoms with E-state index in [9.17, 15) is 14.0 Å². The molecule has 0 aliphatic carbocycles. The van der Waals surface area contributed by atoms with Gasteiger partial charge in [0.15, 0.2) is 0 Å². The molecule has 0 aromatic heterocycles. The Morgan fingerprint density at radius 1 is 1.16 bits per heavy atom. The summed E-state index contributed by atoms with van der Waals surface area (Å²) in [6.07, 6.45) is 0.314. The fourth-order valence-electron chi connectivity index (χ4n) is 2.67. The van der Waals surface area contributed by atoms with Gasteiger partial charge in [-0.1, -0.05) is 18.2 Å². The summed E-state index contributed by atoms with van der Waals surface area (Å²) in [5.41, 5.74) is 1.37. The van der Waals surface area contributed by atoms with Gasteiger partial charge in [-0.25, -0.2) is 4.39 Å². The zero-order chi connectivity index (χ0) is 17.6. The van der Waals surface area contributed by atoms with Crippen LogP contribution in [-0.4, -0.2) is 36.3 Å². The minimum Gasteiger partial charge on any atom is -0.489 e. The summed E-state index contributed by atoms with van der Waals surface area (Å²) in [4.78, 5) is 25.7. The molecular formula is C19H19FN2O3. The fourth-order valence-corrected chi connectivity index (χ4v) is 2.67. The molecule has 0 saturated carbocycles. The number of halogens is 1. The third kappa shape index (κ3) is 4.56. The van der Waals surface area contributed by atoms with Crippen molar-refractivity contribution in [2.45, 2.75) is 13.0 Å². The third-order valence-electron chi connectivity index (χ3n) is 3.98. The largest absolute Gasteiger partial charge is 0.489 e. The quantitative estimate of drug-likeness (QED) is 0.928. The lowest BCUT2D eigenvalue weighted by atomic mass is 10.1. The lowest BCUT2D eigenvalue weighted by Gasteiger charge is -2.19. The fraction of sp³-hybridized carbons (Fsp3) is 0.263. The van der Waals surface area contributed by atoms with E-state index in [1.54, 1.807) is 35.2 Å². The van der Waals surface area contributed by atoms with E-state index in [0.29, 0.717) is 37.4 Å². The van der Waals surface area contributed by atoms with Gasteiger partial charge in [-0.3, -0.25) is 9.59 Å². The molecule has 130 valence electrons. The maximum Gasteiger partial charge on any atom is 0.253 e. The Balaban J connectivity index is 1.66. The highest BCUT2D eigenvalue weighted by Crippen LogP contribution is 2.16. The van der Waals surface area contributed by atoms with E-state index < -0.39 is 0 Å². The van der Waals surface area contributed by atoms with Crippen LogP contribution in [-0.2, 0) is 11.4 Å². The SMILES string of the molecule is O=C1CCN(C(=O)c2cccc(COc3cccc(F)c3)c2)CCN1. The first kappa shape index (κ1) is 17.0. The Bertz CT molecular complexity index is 779. The molecule has 1 aliphatic heterocycles. The van der Waals surface area contributed by atoms with Gasteiger partial charge in [-0.2, -0.15) is 0 Å². The number of benzene rings is 2. The summed E-state index contributed by atoms with van der Waals surface area (Å²) in [5.74, 6) is -0.0590. The highest BCUT2D eigenvalue weighted by Gasteiger charge is 2.19. The minimum absolute atomic E-state index is 0.0347. The number of ether oxygens (including phenoxy) is 1. The molecule has 2 aromatic rings. The maximum atomic E-state index is 13.2. The second kappa shape index (κ2) is 7.79. The van der Waals surface area contributed by atoms with E-state index in [4.69, 9.17) is 4.74 Å². The zero-order valence-electron chi connectivity index (χ0n) is 13.7. The van der Waals surface area contributed by atoms with Crippen molar-refractivity contribution in [1.29, 1.82) is 0 Å². The summed E-state index contributed by atoms with van der Waals surface area (Å²) < 4.78 is 18.7. The monoisotopic (exact) mass is 342 g/mol. The minimum atomic E-state index is -0.356. The molecule has 1 N–H and O–H groups in total. The Morgan fingerprint density at radius 2 is 2.00 bits per heavy atom. The highest BCUT2D eigenvalue weighted by molar-refractivity contribution is 5.94. The number of hydrogen-bond donors (Lipinski definition) is 1. The molecule has 6 heteroatoms. The molecule has 0 unspecified atom stereocenters.